The van der Waals surface area contributed by atoms with Crippen LogP contribution >= 0.6 is 0 Å². The molecule has 0 aromatic heterocycles. The molecule has 0 bridgehead atoms. The second-order valence-corrected chi connectivity index (χ2v) is 5.90. The van der Waals surface area contributed by atoms with Crippen LogP contribution in [-0.2, 0) is 9.53 Å². The van der Waals surface area contributed by atoms with Gasteiger partial charge in [-0.05, 0) is 19.1 Å². The fourth-order valence-corrected chi connectivity index (χ4v) is 2.55. The highest BCUT2D eigenvalue weighted by atomic mass is 16.5. The number of rotatable bonds is 9. The lowest BCUT2D eigenvalue weighted by atomic mass is 10.1. The second-order valence-electron chi connectivity index (χ2n) is 5.90. The zero-order valence-corrected chi connectivity index (χ0v) is 16.1. The van der Waals surface area contributed by atoms with Crippen molar-refractivity contribution in [1.82, 2.24) is 4.90 Å². The first kappa shape index (κ1) is 21.6. The molecule has 0 radical (unpaired) electrons. The van der Waals surface area contributed by atoms with Gasteiger partial charge in [-0.3, -0.25) is 9.59 Å². The monoisotopic (exact) mass is 369 g/mol. The van der Waals surface area contributed by atoms with E-state index in [1.807, 2.05) is 0 Å². The van der Waals surface area contributed by atoms with Crippen LogP contribution in [-0.4, -0.2) is 69.5 Å². The van der Waals surface area contributed by atoms with Gasteiger partial charge in [0.2, 0.25) is 5.75 Å². The summed E-state index contributed by atoms with van der Waals surface area (Å²) >= 11 is 0. The maximum absolute atomic E-state index is 13.0. The maximum atomic E-state index is 13.0. The van der Waals surface area contributed by atoms with E-state index < -0.39 is 18.0 Å². The van der Waals surface area contributed by atoms with Crippen LogP contribution < -0.4 is 14.2 Å². The third-order valence-electron chi connectivity index (χ3n) is 3.78. The molecule has 1 rings (SSSR count). The molecule has 0 saturated carbocycles. The van der Waals surface area contributed by atoms with Crippen molar-refractivity contribution < 1.29 is 33.6 Å². The summed E-state index contributed by atoms with van der Waals surface area (Å²) in [5, 5.41) is 9.73. The largest absolute Gasteiger partial charge is 0.493 e. The Labute approximate surface area is 153 Å². The van der Waals surface area contributed by atoms with E-state index in [-0.39, 0.29) is 24.6 Å². The van der Waals surface area contributed by atoms with Crippen molar-refractivity contribution in [2.24, 2.45) is 5.92 Å². The summed E-state index contributed by atoms with van der Waals surface area (Å²) in [6.07, 6.45) is -0.758. The van der Waals surface area contributed by atoms with Crippen molar-refractivity contribution in [3.63, 3.8) is 0 Å². The number of aliphatic hydroxyl groups excluding tert-OH is 1. The minimum absolute atomic E-state index is 0.0663. The summed E-state index contributed by atoms with van der Waals surface area (Å²) in [4.78, 5) is 26.1. The van der Waals surface area contributed by atoms with Crippen molar-refractivity contribution in [2.45, 2.75) is 20.0 Å². The quantitative estimate of drug-likeness (QED) is 0.657. The summed E-state index contributed by atoms with van der Waals surface area (Å²) in [6.45, 7) is 3.39. The number of hydrogen-bond donors (Lipinski definition) is 1. The lowest BCUT2D eigenvalue weighted by Gasteiger charge is -2.27. The predicted octanol–water partition coefficient (Wildman–Crippen LogP) is 1.34. The molecular weight excluding hydrogens is 342 g/mol. The SMILES string of the molecule is COC(=O)C(C)CN(CC(C)O)C(=O)c1cc(OC)c(OC)c(OC)c1. The van der Waals surface area contributed by atoms with Gasteiger partial charge in [-0.25, -0.2) is 0 Å². The lowest BCUT2D eigenvalue weighted by molar-refractivity contribution is -0.145. The average Bonchev–Trinajstić information content (AvgIpc) is 2.64. The van der Waals surface area contributed by atoms with Crippen molar-refractivity contribution in [3.8, 4) is 17.2 Å². The first-order valence-corrected chi connectivity index (χ1v) is 8.14. The number of benzene rings is 1. The van der Waals surface area contributed by atoms with Gasteiger partial charge in [-0.1, -0.05) is 6.92 Å². The molecule has 0 spiro atoms. The van der Waals surface area contributed by atoms with Crippen LogP contribution in [0, 0.1) is 5.92 Å². The Morgan fingerprint density at radius 1 is 1.00 bits per heavy atom. The number of nitrogens with zero attached hydrogens (tertiary/aromatic N) is 1. The van der Waals surface area contributed by atoms with Crippen LogP contribution in [0.1, 0.15) is 24.2 Å². The van der Waals surface area contributed by atoms with Crippen LogP contribution in [0.4, 0.5) is 0 Å². The van der Waals surface area contributed by atoms with Gasteiger partial charge in [-0.2, -0.15) is 0 Å². The average molecular weight is 369 g/mol. The molecule has 2 unspecified atom stereocenters. The maximum Gasteiger partial charge on any atom is 0.310 e. The third kappa shape index (κ3) is 5.26. The Balaban J connectivity index is 3.23. The molecule has 0 saturated heterocycles. The summed E-state index contributed by atoms with van der Waals surface area (Å²) in [5.74, 6) is -0.290. The number of carbonyl (C=O) groups excluding carboxylic acids is 2. The van der Waals surface area contributed by atoms with Crippen LogP contribution in [0.2, 0.25) is 0 Å². The summed E-state index contributed by atoms with van der Waals surface area (Å²) in [5.41, 5.74) is 0.289. The Hall–Kier alpha value is -2.48. The number of amides is 1. The first-order valence-electron chi connectivity index (χ1n) is 8.14. The van der Waals surface area contributed by atoms with E-state index in [1.54, 1.807) is 13.8 Å². The van der Waals surface area contributed by atoms with E-state index in [0.717, 1.165) is 0 Å². The fraction of sp³-hybridized carbons (Fsp3) is 0.556. The van der Waals surface area contributed by atoms with Crippen LogP contribution in [0.15, 0.2) is 12.1 Å². The van der Waals surface area contributed by atoms with Gasteiger partial charge in [0, 0.05) is 18.7 Å². The molecule has 1 aromatic carbocycles. The van der Waals surface area contributed by atoms with Crippen LogP contribution in [0.5, 0.6) is 17.2 Å². The molecule has 146 valence electrons. The van der Waals surface area contributed by atoms with Gasteiger partial charge < -0.3 is 29.0 Å². The van der Waals surface area contributed by atoms with E-state index in [1.165, 1.54) is 45.5 Å². The third-order valence-corrected chi connectivity index (χ3v) is 3.78. The first-order chi connectivity index (χ1) is 12.3. The lowest BCUT2D eigenvalue weighted by Crippen LogP contribution is -2.41. The molecule has 0 aliphatic heterocycles. The highest BCUT2D eigenvalue weighted by Gasteiger charge is 2.25. The molecule has 1 N–H and O–H groups in total. The van der Waals surface area contributed by atoms with Crippen LogP contribution in [0.3, 0.4) is 0 Å². The van der Waals surface area contributed by atoms with E-state index in [2.05, 4.69) is 0 Å². The minimum atomic E-state index is -0.758. The number of methoxy groups -OCH3 is 4. The minimum Gasteiger partial charge on any atom is -0.493 e. The van der Waals surface area contributed by atoms with Gasteiger partial charge in [0.05, 0.1) is 40.5 Å². The molecule has 1 aromatic rings. The molecule has 0 fully saturated rings. The zero-order valence-electron chi connectivity index (χ0n) is 16.1. The van der Waals surface area contributed by atoms with E-state index in [9.17, 15) is 14.7 Å². The van der Waals surface area contributed by atoms with Crippen LogP contribution in [0.25, 0.3) is 0 Å². The van der Waals surface area contributed by atoms with Gasteiger partial charge in [0.1, 0.15) is 0 Å². The van der Waals surface area contributed by atoms with Crippen molar-refractivity contribution in [2.75, 3.05) is 41.5 Å². The molecule has 8 nitrogen and oxygen atoms in total. The molecule has 1 amide bonds. The fourth-order valence-electron chi connectivity index (χ4n) is 2.55. The Bertz CT molecular complexity index is 605. The van der Waals surface area contributed by atoms with Gasteiger partial charge in [0.15, 0.2) is 11.5 Å². The number of esters is 1. The standard InChI is InChI=1S/C18H27NO7/c1-11(18(22)26-6)9-19(10-12(2)20)17(21)13-7-14(23-3)16(25-5)15(8-13)24-4/h7-8,11-12,20H,9-10H2,1-6H3. The number of hydrogen-bond acceptors (Lipinski definition) is 7. The number of ether oxygens (including phenoxy) is 4. The second kappa shape index (κ2) is 9.86. The highest BCUT2D eigenvalue weighted by Crippen LogP contribution is 2.38. The van der Waals surface area contributed by atoms with Crippen molar-refractivity contribution in [1.29, 1.82) is 0 Å². The molecule has 26 heavy (non-hydrogen) atoms. The van der Waals surface area contributed by atoms with E-state index in [0.29, 0.717) is 17.2 Å². The molecule has 0 heterocycles. The molecule has 0 aliphatic carbocycles. The topological polar surface area (TPSA) is 94.5 Å². The van der Waals surface area contributed by atoms with Gasteiger partial charge in [0.25, 0.3) is 5.91 Å². The number of aliphatic hydroxyl groups is 1. The van der Waals surface area contributed by atoms with Crippen molar-refractivity contribution >= 4 is 11.9 Å². The zero-order chi connectivity index (χ0) is 19.9. The summed E-state index contributed by atoms with van der Waals surface area (Å²) < 4.78 is 20.5. The number of carbonyl (C=O) groups is 2. The molecular formula is C18H27NO7. The smallest absolute Gasteiger partial charge is 0.310 e. The predicted molar refractivity (Wildman–Crippen MR) is 94.9 cm³/mol. The normalized spacial score (nSPS) is 12.7. The summed E-state index contributed by atoms with van der Waals surface area (Å²) in [7, 11) is 5.68. The highest BCUT2D eigenvalue weighted by molar-refractivity contribution is 5.96. The molecule has 0 aliphatic rings. The Morgan fingerprint density at radius 2 is 1.54 bits per heavy atom. The van der Waals surface area contributed by atoms with Gasteiger partial charge in [-0.15, -0.1) is 0 Å². The Morgan fingerprint density at radius 3 is 1.92 bits per heavy atom. The molecule has 2 atom stereocenters. The Kier molecular flexibility index (Phi) is 8.18. The molecule has 8 heteroatoms. The van der Waals surface area contributed by atoms with E-state index >= 15 is 0 Å². The van der Waals surface area contributed by atoms with Gasteiger partial charge >= 0.3 is 5.97 Å². The van der Waals surface area contributed by atoms with Crippen molar-refractivity contribution in [3.05, 3.63) is 17.7 Å². The summed E-state index contributed by atoms with van der Waals surface area (Å²) in [6, 6.07) is 3.06. The van der Waals surface area contributed by atoms with E-state index in [4.69, 9.17) is 18.9 Å².